The summed E-state index contributed by atoms with van der Waals surface area (Å²) in [7, 11) is 0. The average molecular weight is 154 g/mol. The van der Waals surface area contributed by atoms with Gasteiger partial charge in [-0.2, -0.15) is 0 Å². The molecule has 2 saturated carbocycles. The molecule has 64 valence electrons. The lowest BCUT2D eigenvalue weighted by atomic mass is 9.72. The third-order valence-corrected chi connectivity index (χ3v) is 4.12. The lowest BCUT2D eigenvalue weighted by Gasteiger charge is -2.34. The Kier molecular flexibility index (Phi) is 1.71. The molecule has 3 unspecified atom stereocenters. The molecular formula is C10H18O. The van der Waals surface area contributed by atoms with E-state index in [1.165, 1.54) is 32.1 Å². The van der Waals surface area contributed by atoms with Gasteiger partial charge in [0.2, 0.25) is 0 Å². The summed E-state index contributed by atoms with van der Waals surface area (Å²) in [6.07, 6.45) is 6.73. The summed E-state index contributed by atoms with van der Waals surface area (Å²) in [5, 5.41) is 9.34. The van der Waals surface area contributed by atoms with Gasteiger partial charge in [-0.05, 0) is 42.9 Å². The van der Waals surface area contributed by atoms with Crippen LogP contribution in [-0.4, -0.2) is 11.7 Å². The molecule has 0 heterocycles. The average Bonchev–Trinajstić information content (AvgIpc) is 2.62. The molecule has 1 N–H and O–H groups in total. The van der Waals surface area contributed by atoms with Crippen molar-refractivity contribution in [1.82, 2.24) is 0 Å². The highest BCUT2D eigenvalue weighted by Gasteiger charge is 2.49. The van der Waals surface area contributed by atoms with E-state index in [-0.39, 0.29) is 0 Å². The maximum absolute atomic E-state index is 9.34. The second-order valence-electron chi connectivity index (χ2n) is 4.45. The van der Waals surface area contributed by atoms with Crippen LogP contribution in [0.1, 0.15) is 39.0 Å². The Balaban J connectivity index is 2.14. The molecule has 2 aliphatic carbocycles. The van der Waals surface area contributed by atoms with Crippen molar-refractivity contribution in [3.05, 3.63) is 0 Å². The van der Waals surface area contributed by atoms with E-state index in [0.29, 0.717) is 12.0 Å². The summed E-state index contributed by atoms with van der Waals surface area (Å²) in [5.41, 5.74) is 0.350. The molecule has 0 spiro atoms. The maximum Gasteiger partial charge on any atom is 0.0490 e. The Morgan fingerprint density at radius 2 is 2.27 bits per heavy atom. The minimum Gasteiger partial charge on any atom is -0.396 e. The Bertz CT molecular complexity index is 149. The van der Waals surface area contributed by atoms with E-state index < -0.39 is 0 Å². The Labute approximate surface area is 68.8 Å². The molecule has 0 aliphatic heterocycles. The van der Waals surface area contributed by atoms with E-state index >= 15 is 0 Å². The number of rotatable bonds is 2. The van der Waals surface area contributed by atoms with Crippen molar-refractivity contribution in [1.29, 1.82) is 0 Å². The zero-order valence-electron chi connectivity index (χ0n) is 7.34. The fraction of sp³-hybridized carbons (Fsp3) is 1.00. The van der Waals surface area contributed by atoms with Crippen molar-refractivity contribution in [3.63, 3.8) is 0 Å². The SMILES string of the molecule is CCC1(CO)CC2CCC1C2. The zero-order chi connectivity index (χ0) is 7.90. The summed E-state index contributed by atoms with van der Waals surface area (Å²) in [6, 6.07) is 0. The quantitative estimate of drug-likeness (QED) is 0.646. The highest BCUT2D eigenvalue weighted by Crippen LogP contribution is 2.57. The van der Waals surface area contributed by atoms with E-state index in [2.05, 4.69) is 6.92 Å². The monoisotopic (exact) mass is 154 g/mol. The molecule has 0 amide bonds. The van der Waals surface area contributed by atoms with Crippen LogP contribution in [0.2, 0.25) is 0 Å². The summed E-state index contributed by atoms with van der Waals surface area (Å²) in [6.45, 7) is 2.67. The summed E-state index contributed by atoms with van der Waals surface area (Å²) in [5.74, 6) is 1.83. The van der Waals surface area contributed by atoms with Crippen LogP contribution in [0.5, 0.6) is 0 Å². The molecule has 0 aromatic heterocycles. The Morgan fingerprint density at radius 1 is 1.45 bits per heavy atom. The van der Waals surface area contributed by atoms with Crippen molar-refractivity contribution < 1.29 is 5.11 Å². The summed E-state index contributed by atoms with van der Waals surface area (Å²) in [4.78, 5) is 0. The summed E-state index contributed by atoms with van der Waals surface area (Å²) < 4.78 is 0. The molecular weight excluding hydrogens is 136 g/mol. The lowest BCUT2D eigenvalue weighted by molar-refractivity contribution is 0.0612. The molecule has 2 rings (SSSR count). The second kappa shape index (κ2) is 2.48. The number of hydrogen-bond donors (Lipinski definition) is 1. The van der Waals surface area contributed by atoms with Crippen LogP contribution in [0, 0.1) is 17.3 Å². The van der Waals surface area contributed by atoms with Gasteiger partial charge < -0.3 is 5.11 Å². The first-order valence-corrected chi connectivity index (χ1v) is 4.91. The van der Waals surface area contributed by atoms with Crippen LogP contribution in [0.3, 0.4) is 0 Å². The minimum atomic E-state index is 0.350. The van der Waals surface area contributed by atoms with E-state index in [1.807, 2.05) is 0 Å². The maximum atomic E-state index is 9.34. The van der Waals surface area contributed by atoms with Crippen LogP contribution < -0.4 is 0 Å². The minimum absolute atomic E-state index is 0.350. The number of fused-ring (bicyclic) bond motifs is 2. The van der Waals surface area contributed by atoms with Crippen molar-refractivity contribution >= 4 is 0 Å². The normalized spacial score (nSPS) is 48.5. The third kappa shape index (κ3) is 0.936. The van der Waals surface area contributed by atoms with Gasteiger partial charge in [0, 0.05) is 6.61 Å². The molecule has 0 aromatic carbocycles. The highest BCUT2D eigenvalue weighted by molar-refractivity contribution is 4.99. The molecule has 0 radical (unpaired) electrons. The molecule has 3 atom stereocenters. The molecule has 2 aliphatic rings. The predicted molar refractivity (Wildman–Crippen MR) is 45.3 cm³/mol. The van der Waals surface area contributed by atoms with Crippen molar-refractivity contribution in [2.45, 2.75) is 39.0 Å². The van der Waals surface area contributed by atoms with Gasteiger partial charge in [-0.25, -0.2) is 0 Å². The predicted octanol–water partition coefficient (Wildman–Crippen LogP) is 2.20. The van der Waals surface area contributed by atoms with E-state index in [9.17, 15) is 5.11 Å². The van der Waals surface area contributed by atoms with Gasteiger partial charge in [-0.15, -0.1) is 0 Å². The first-order valence-electron chi connectivity index (χ1n) is 4.91. The van der Waals surface area contributed by atoms with Crippen molar-refractivity contribution in [2.75, 3.05) is 6.61 Å². The molecule has 0 aromatic rings. The number of hydrogen-bond acceptors (Lipinski definition) is 1. The number of aliphatic hydroxyl groups is 1. The Morgan fingerprint density at radius 3 is 2.55 bits per heavy atom. The Hall–Kier alpha value is -0.0400. The van der Waals surface area contributed by atoms with E-state index in [1.54, 1.807) is 0 Å². The third-order valence-electron chi connectivity index (χ3n) is 4.12. The summed E-state index contributed by atoms with van der Waals surface area (Å²) >= 11 is 0. The van der Waals surface area contributed by atoms with Gasteiger partial charge in [0.05, 0.1) is 0 Å². The lowest BCUT2D eigenvalue weighted by Crippen LogP contribution is -2.30. The topological polar surface area (TPSA) is 20.2 Å². The molecule has 1 heteroatoms. The standard InChI is InChI=1S/C10H18O/c1-2-10(7-11)6-8-3-4-9(10)5-8/h8-9,11H,2-7H2,1H3. The van der Waals surface area contributed by atoms with Gasteiger partial charge in [-0.1, -0.05) is 13.3 Å². The molecule has 0 saturated heterocycles. The van der Waals surface area contributed by atoms with Crippen molar-refractivity contribution in [2.24, 2.45) is 17.3 Å². The van der Waals surface area contributed by atoms with Crippen LogP contribution in [-0.2, 0) is 0 Å². The van der Waals surface area contributed by atoms with Crippen LogP contribution >= 0.6 is 0 Å². The highest BCUT2D eigenvalue weighted by atomic mass is 16.3. The second-order valence-corrected chi connectivity index (χ2v) is 4.45. The molecule has 1 nitrogen and oxygen atoms in total. The zero-order valence-corrected chi connectivity index (χ0v) is 7.34. The first-order chi connectivity index (χ1) is 5.30. The van der Waals surface area contributed by atoms with Crippen LogP contribution in [0.4, 0.5) is 0 Å². The van der Waals surface area contributed by atoms with Crippen LogP contribution in [0.25, 0.3) is 0 Å². The fourth-order valence-electron chi connectivity index (χ4n) is 3.30. The van der Waals surface area contributed by atoms with E-state index in [0.717, 1.165) is 11.8 Å². The van der Waals surface area contributed by atoms with Gasteiger partial charge in [0.25, 0.3) is 0 Å². The fourth-order valence-corrected chi connectivity index (χ4v) is 3.30. The number of aliphatic hydroxyl groups excluding tert-OH is 1. The molecule has 2 bridgehead atoms. The van der Waals surface area contributed by atoms with Gasteiger partial charge in [0.1, 0.15) is 0 Å². The van der Waals surface area contributed by atoms with Gasteiger partial charge in [0.15, 0.2) is 0 Å². The van der Waals surface area contributed by atoms with Crippen LogP contribution in [0.15, 0.2) is 0 Å². The largest absolute Gasteiger partial charge is 0.396 e. The molecule has 11 heavy (non-hydrogen) atoms. The van der Waals surface area contributed by atoms with Gasteiger partial charge in [-0.3, -0.25) is 0 Å². The van der Waals surface area contributed by atoms with Crippen molar-refractivity contribution in [3.8, 4) is 0 Å². The van der Waals surface area contributed by atoms with Gasteiger partial charge >= 0.3 is 0 Å². The molecule has 2 fully saturated rings. The smallest absolute Gasteiger partial charge is 0.0490 e. The first kappa shape index (κ1) is 7.60. The van der Waals surface area contributed by atoms with E-state index in [4.69, 9.17) is 0 Å².